The molecule has 0 aromatic carbocycles. The lowest BCUT2D eigenvalue weighted by Gasteiger charge is -2.30. The van der Waals surface area contributed by atoms with Crippen LogP contribution >= 0.6 is 23.6 Å². The molecule has 0 radical (unpaired) electrons. The summed E-state index contributed by atoms with van der Waals surface area (Å²) in [6.07, 6.45) is 2.03. The monoisotopic (exact) mass is 271 g/mol. The van der Waals surface area contributed by atoms with E-state index in [1.54, 1.807) is 0 Å². The van der Waals surface area contributed by atoms with Gasteiger partial charge >= 0.3 is 0 Å². The molecule has 0 amide bonds. The smallest absolute Gasteiger partial charge is 0.0781 e. The highest BCUT2D eigenvalue weighted by Crippen LogP contribution is 2.26. The largest absolute Gasteiger partial charge is 0.393 e. The minimum Gasteiger partial charge on any atom is -0.393 e. The summed E-state index contributed by atoms with van der Waals surface area (Å²) in [6.45, 7) is 4.88. The lowest BCUT2D eigenvalue weighted by molar-refractivity contribution is -0.870. The van der Waals surface area contributed by atoms with E-state index in [1.165, 1.54) is 0 Å². The first-order valence-electron chi connectivity index (χ1n) is 5.65. The molecule has 0 saturated heterocycles. The molecule has 0 aliphatic heterocycles. The fourth-order valence-electron chi connectivity index (χ4n) is 1.55. The summed E-state index contributed by atoms with van der Waals surface area (Å²) in [4.78, 5) is 0. The van der Waals surface area contributed by atoms with Gasteiger partial charge in [-0.2, -0.15) is 0 Å². The van der Waals surface area contributed by atoms with E-state index >= 15 is 0 Å². The molecule has 1 N–H and O–H groups in total. The number of quaternary nitrogens is 1. The maximum Gasteiger partial charge on any atom is 0.0781 e. The first-order valence-corrected chi connectivity index (χ1v) is 6.32. The molecule has 0 rings (SSSR count). The van der Waals surface area contributed by atoms with Gasteiger partial charge in [0.1, 0.15) is 0 Å². The van der Waals surface area contributed by atoms with Gasteiger partial charge in [-0.1, -0.05) is 0 Å². The average Bonchev–Trinajstić information content (AvgIpc) is 1.99. The number of aliphatic hydroxyl groups excluding tert-OH is 1. The molecule has 0 fully saturated rings. The fraction of sp³-hybridized carbons (Fsp3) is 1.00. The number of nitrogens with zero attached hydrogens (tertiary/aromatic N) is 2. The van der Waals surface area contributed by atoms with Crippen LogP contribution in [0, 0.1) is 0 Å². The molecule has 0 aromatic heterocycles. The van der Waals surface area contributed by atoms with Gasteiger partial charge in [-0.25, -0.2) is 0 Å². The Morgan fingerprint density at radius 2 is 1.75 bits per heavy atom. The van der Waals surface area contributed by atoms with E-state index in [1.807, 2.05) is 13.8 Å². The standard InChI is InChI=1S/C11H25Cl2N2O/c1-11(2,14(12)13)9-10(16)7-6-8-15(3,4)5/h10,16H,6-9H2,1-5H3/q+1. The Balaban J connectivity index is 3.87. The predicted octanol–water partition coefficient (Wildman–Crippen LogP) is 2.61. The van der Waals surface area contributed by atoms with Crippen molar-refractivity contribution in [2.24, 2.45) is 0 Å². The van der Waals surface area contributed by atoms with E-state index in [0.29, 0.717) is 6.42 Å². The molecule has 1 atom stereocenters. The van der Waals surface area contributed by atoms with Gasteiger partial charge in [0.25, 0.3) is 0 Å². The minimum atomic E-state index is -0.390. The van der Waals surface area contributed by atoms with Crippen molar-refractivity contribution in [3.8, 4) is 0 Å². The third-order valence-electron chi connectivity index (χ3n) is 2.56. The number of aliphatic hydroxyl groups is 1. The second-order valence-electron chi connectivity index (χ2n) is 6.06. The SMILES string of the molecule is CC(C)(CC(O)CCC[N+](C)(C)C)N(Cl)Cl. The third kappa shape index (κ3) is 7.69. The van der Waals surface area contributed by atoms with Crippen molar-refractivity contribution in [3.05, 3.63) is 0 Å². The Morgan fingerprint density at radius 1 is 1.25 bits per heavy atom. The van der Waals surface area contributed by atoms with Crippen molar-refractivity contribution in [2.45, 2.75) is 44.8 Å². The van der Waals surface area contributed by atoms with Crippen molar-refractivity contribution in [1.29, 1.82) is 0 Å². The molecular weight excluding hydrogens is 247 g/mol. The topological polar surface area (TPSA) is 23.5 Å². The molecule has 0 heterocycles. The molecule has 0 aliphatic carbocycles. The van der Waals surface area contributed by atoms with Gasteiger partial charge in [-0.05, 0) is 56.7 Å². The molecule has 0 aliphatic rings. The van der Waals surface area contributed by atoms with Crippen LogP contribution in [-0.4, -0.2) is 52.9 Å². The van der Waals surface area contributed by atoms with Crippen molar-refractivity contribution in [1.82, 2.24) is 3.94 Å². The molecule has 3 nitrogen and oxygen atoms in total. The number of halogens is 2. The zero-order chi connectivity index (χ0) is 13.0. The Bertz CT molecular complexity index is 203. The summed E-state index contributed by atoms with van der Waals surface area (Å²) < 4.78 is 2.04. The molecule has 1 unspecified atom stereocenters. The second-order valence-corrected chi connectivity index (χ2v) is 6.91. The zero-order valence-corrected chi connectivity index (χ0v) is 12.5. The van der Waals surface area contributed by atoms with Gasteiger partial charge in [0.2, 0.25) is 0 Å². The van der Waals surface area contributed by atoms with E-state index in [2.05, 4.69) is 21.1 Å². The quantitative estimate of drug-likeness (QED) is 0.569. The Labute approximate surface area is 110 Å². The maximum absolute atomic E-state index is 9.88. The number of hydrogen-bond acceptors (Lipinski definition) is 2. The van der Waals surface area contributed by atoms with Crippen LogP contribution in [0.2, 0.25) is 0 Å². The summed E-state index contributed by atoms with van der Waals surface area (Å²) >= 11 is 11.4. The summed E-state index contributed by atoms with van der Waals surface area (Å²) in [5, 5.41) is 9.88. The molecule has 16 heavy (non-hydrogen) atoms. The zero-order valence-electron chi connectivity index (χ0n) is 11.0. The first-order chi connectivity index (χ1) is 7.04. The molecule has 98 valence electrons. The van der Waals surface area contributed by atoms with Crippen molar-refractivity contribution < 1.29 is 9.59 Å². The highest BCUT2D eigenvalue weighted by molar-refractivity contribution is 6.34. The molecular formula is C11H25Cl2N2O+. The maximum atomic E-state index is 9.88. The Morgan fingerprint density at radius 3 is 2.12 bits per heavy atom. The van der Waals surface area contributed by atoms with Gasteiger partial charge < -0.3 is 9.59 Å². The van der Waals surface area contributed by atoms with Crippen molar-refractivity contribution in [2.75, 3.05) is 27.7 Å². The van der Waals surface area contributed by atoms with Crippen LogP contribution < -0.4 is 0 Å². The highest BCUT2D eigenvalue weighted by atomic mass is 35.5. The molecule has 0 spiro atoms. The normalized spacial score (nSPS) is 15.6. The third-order valence-corrected chi connectivity index (χ3v) is 3.47. The molecule has 0 bridgehead atoms. The van der Waals surface area contributed by atoms with E-state index < -0.39 is 0 Å². The number of rotatable bonds is 7. The van der Waals surface area contributed by atoms with Crippen LogP contribution in [0.1, 0.15) is 33.1 Å². The van der Waals surface area contributed by atoms with Gasteiger partial charge in [-0.15, -0.1) is 3.94 Å². The summed E-state index contributed by atoms with van der Waals surface area (Å²) in [7, 11) is 6.45. The van der Waals surface area contributed by atoms with E-state index in [9.17, 15) is 5.11 Å². The van der Waals surface area contributed by atoms with E-state index in [4.69, 9.17) is 23.6 Å². The van der Waals surface area contributed by atoms with Crippen LogP contribution in [-0.2, 0) is 0 Å². The van der Waals surface area contributed by atoms with Crippen LogP contribution in [0.4, 0.5) is 0 Å². The van der Waals surface area contributed by atoms with Crippen molar-refractivity contribution in [3.63, 3.8) is 0 Å². The summed E-state index contributed by atoms with van der Waals surface area (Å²) in [5.74, 6) is 0. The summed E-state index contributed by atoms with van der Waals surface area (Å²) in [6, 6.07) is 0. The van der Waals surface area contributed by atoms with Gasteiger partial charge in [0.05, 0.1) is 33.8 Å². The predicted molar refractivity (Wildman–Crippen MR) is 70.4 cm³/mol. The first kappa shape index (κ1) is 16.5. The van der Waals surface area contributed by atoms with Gasteiger partial charge in [-0.3, -0.25) is 0 Å². The lowest BCUT2D eigenvalue weighted by atomic mass is 9.95. The number of hydrogen-bond donors (Lipinski definition) is 1. The molecule has 0 aromatic rings. The second kappa shape index (κ2) is 6.41. The molecule has 5 heteroatoms. The summed E-state index contributed by atoms with van der Waals surface area (Å²) in [5.41, 5.74) is -0.390. The Kier molecular flexibility index (Phi) is 6.59. The van der Waals surface area contributed by atoms with Crippen LogP contribution in [0.3, 0.4) is 0 Å². The van der Waals surface area contributed by atoms with Crippen LogP contribution in [0.5, 0.6) is 0 Å². The van der Waals surface area contributed by atoms with Gasteiger partial charge in [0.15, 0.2) is 0 Å². The average molecular weight is 272 g/mol. The van der Waals surface area contributed by atoms with Crippen molar-refractivity contribution >= 4 is 23.6 Å². The highest BCUT2D eigenvalue weighted by Gasteiger charge is 2.27. The minimum absolute atomic E-state index is 0.346. The van der Waals surface area contributed by atoms with Gasteiger partial charge in [0, 0.05) is 5.54 Å². The van der Waals surface area contributed by atoms with E-state index in [-0.39, 0.29) is 11.6 Å². The van der Waals surface area contributed by atoms with Crippen LogP contribution in [0.25, 0.3) is 0 Å². The Hall–Kier alpha value is 0.460. The van der Waals surface area contributed by atoms with Crippen LogP contribution in [0.15, 0.2) is 0 Å². The molecule has 0 saturated carbocycles. The lowest BCUT2D eigenvalue weighted by Crippen LogP contribution is -2.37. The van der Waals surface area contributed by atoms with E-state index in [0.717, 1.165) is 27.8 Å². The fourth-order valence-corrected chi connectivity index (χ4v) is 1.69.